The predicted octanol–water partition coefficient (Wildman–Crippen LogP) is 2.21. The fourth-order valence-electron chi connectivity index (χ4n) is 2.01. The van der Waals surface area contributed by atoms with Crippen molar-refractivity contribution in [1.82, 2.24) is 5.32 Å². The smallest absolute Gasteiger partial charge is 0.258 e. The maximum Gasteiger partial charge on any atom is 0.258 e. The Morgan fingerprint density at radius 1 is 1.35 bits per heavy atom. The molecule has 0 fully saturated rings. The number of carbonyl (C=O) groups excluding carboxylic acids is 1. The van der Waals surface area contributed by atoms with Gasteiger partial charge in [-0.15, -0.1) is 0 Å². The van der Waals surface area contributed by atoms with Crippen molar-refractivity contribution in [3.8, 4) is 5.75 Å². The van der Waals surface area contributed by atoms with Gasteiger partial charge in [0.15, 0.2) is 6.61 Å². The van der Waals surface area contributed by atoms with E-state index < -0.39 is 6.10 Å². The van der Waals surface area contributed by atoms with Crippen molar-refractivity contribution in [3.63, 3.8) is 0 Å². The summed E-state index contributed by atoms with van der Waals surface area (Å²) in [6.45, 7) is 8.28. The van der Waals surface area contributed by atoms with Crippen LogP contribution in [0.3, 0.4) is 0 Å². The normalized spacial score (nSPS) is 12.3. The number of ether oxygens (including phenoxy) is 1. The molecule has 1 aromatic rings. The lowest BCUT2D eigenvalue weighted by Gasteiger charge is -2.14. The van der Waals surface area contributed by atoms with Gasteiger partial charge in [0.2, 0.25) is 0 Å². The number of aryl methyl sites for hydroxylation is 2. The van der Waals surface area contributed by atoms with Gasteiger partial charge in [-0.25, -0.2) is 0 Å². The van der Waals surface area contributed by atoms with E-state index in [1.807, 2.05) is 45.9 Å². The molecule has 4 nitrogen and oxygen atoms in total. The summed E-state index contributed by atoms with van der Waals surface area (Å²) < 4.78 is 5.47. The van der Waals surface area contributed by atoms with Gasteiger partial charge >= 0.3 is 0 Å². The molecule has 4 heteroatoms. The first-order chi connectivity index (χ1) is 9.38. The average molecular weight is 279 g/mol. The quantitative estimate of drug-likeness (QED) is 0.804. The Balaban J connectivity index is 2.33. The van der Waals surface area contributed by atoms with Gasteiger partial charge in [0.05, 0.1) is 6.10 Å². The Labute approximate surface area is 121 Å². The largest absolute Gasteiger partial charge is 0.484 e. The van der Waals surface area contributed by atoms with Crippen LogP contribution in [0.1, 0.15) is 31.4 Å². The number of benzene rings is 1. The third-order valence-corrected chi connectivity index (χ3v) is 2.97. The zero-order valence-electron chi connectivity index (χ0n) is 12.8. The minimum Gasteiger partial charge on any atom is -0.484 e. The summed E-state index contributed by atoms with van der Waals surface area (Å²) in [5.74, 6) is 0.912. The SMILES string of the molecule is Cc1ccc(OCC(=O)NCC(O)CC(C)C)c(C)c1. The number of hydrogen-bond acceptors (Lipinski definition) is 3. The molecular formula is C16H25NO3. The number of aliphatic hydroxyl groups is 1. The summed E-state index contributed by atoms with van der Waals surface area (Å²) in [6, 6.07) is 5.83. The van der Waals surface area contributed by atoms with Gasteiger partial charge in [0.25, 0.3) is 5.91 Å². The number of amides is 1. The van der Waals surface area contributed by atoms with Crippen LogP contribution < -0.4 is 10.1 Å². The maximum atomic E-state index is 11.6. The van der Waals surface area contributed by atoms with Crippen molar-refractivity contribution in [3.05, 3.63) is 29.3 Å². The molecular weight excluding hydrogens is 254 g/mol. The van der Waals surface area contributed by atoms with Crippen LogP contribution in [-0.4, -0.2) is 30.3 Å². The molecule has 0 heterocycles. The Bertz CT molecular complexity index is 443. The minimum absolute atomic E-state index is 0.0295. The molecule has 20 heavy (non-hydrogen) atoms. The molecule has 0 spiro atoms. The lowest BCUT2D eigenvalue weighted by molar-refractivity contribution is -0.123. The molecule has 0 aliphatic heterocycles. The molecule has 1 atom stereocenters. The molecule has 0 aliphatic carbocycles. The van der Waals surface area contributed by atoms with Crippen LogP contribution in [0.15, 0.2) is 18.2 Å². The molecule has 1 unspecified atom stereocenters. The fraction of sp³-hybridized carbons (Fsp3) is 0.562. The molecule has 1 rings (SSSR count). The summed E-state index contributed by atoms with van der Waals surface area (Å²) in [4.78, 5) is 11.6. The van der Waals surface area contributed by atoms with E-state index in [1.165, 1.54) is 0 Å². The molecule has 0 aromatic heterocycles. The molecule has 0 aliphatic rings. The topological polar surface area (TPSA) is 58.6 Å². The Morgan fingerprint density at radius 2 is 2.05 bits per heavy atom. The molecule has 0 saturated heterocycles. The Kier molecular flexibility index (Phi) is 6.52. The summed E-state index contributed by atoms with van der Waals surface area (Å²) in [7, 11) is 0. The number of nitrogens with one attached hydrogen (secondary N) is 1. The van der Waals surface area contributed by atoms with E-state index in [-0.39, 0.29) is 19.1 Å². The van der Waals surface area contributed by atoms with E-state index in [9.17, 15) is 9.90 Å². The molecule has 1 aromatic carbocycles. The highest BCUT2D eigenvalue weighted by Crippen LogP contribution is 2.18. The van der Waals surface area contributed by atoms with Gasteiger partial charge < -0.3 is 15.2 Å². The number of aliphatic hydroxyl groups excluding tert-OH is 1. The second-order valence-corrected chi connectivity index (χ2v) is 5.65. The van der Waals surface area contributed by atoms with Gasteiger partial charge in [0.1, 0.15) is 5.75 Å². The van der Waals surface area contributed by atoms with Crippen molar-refractivity contribution < 1.29 is 14.6 Å². The van der Waals surface area contributed by atoms with E-state index >= 15 is 0 Å². The molecule has 0 bridgehead atoms. The van der Waals surface area contributed by atoms with Crippen molar-refractivity contribution in [1.29, 1.82) is 0 Å². The van der Waals surface area contributed by atoms with Crippen LogP contribution in [0.25, 0.3) is 0 Å². The highest BCUT2D eigenvalue weighted by molar-refractivity contribution is 5.77. The van der Waals surface area contributed by atoms with Crippen LogP contribution >= 0.6 is 0 Å². The van der Waals surface area contributed by atoms with E-state index in [2.05, 4.69) is 5.32 Å². The Hall–Kier alpha value is -1.55. The van der Waals surface area contributed by atoms with Crippen LogP contribution in [0.2, 0.25) is 0 Å². The van der Waals surface area contributed by atoms with Gasteiger partial charge in [-0.2, -0.15) is 0 Å². The number of rotatable bonds is 7. The van der Waals surface area contributed by atoms with Crippen LogP contribution in [0.5, 0.6) is 5.75 Å². The predicted molar refractivity (Wildman–Crippen MR) is 79.9 cm³/mol. The lowest BCUT2D eigenvalue weighted by Crippen LogP contribution is -2.35. The standard InChI is InChI=1S/C16H25NO3/c1-11(2)7-14(18)9-17-16(19)10-20-15-6-5-12(3)8-13(15)4/h5-6,8,11,14,18H,7,9-10H2,1-4H3,(H,17,19). The second-order valence-electron chi connectivity index (χ2n) is 5.65. The first-order valence-electron chi connectivity index (χ1n) is 7.03. The molecule has 1 amide bonds. The van der Waals surface area contributed by atoms with E-state index in [0.29, 0.717) is 18.1 Å². The molecule has 2 N–H and O–H groups in total. The third-order valence-electron chi connectivity index (χ3n) is 2.97. The fourth-order valence-corrected chi connectivity index (χ4v) is 2.01. The van der Waals surface area contributed by atoms with Gasteiger partial charge in [-0.05, 0) is 37.8 Å². The summed E-state index contributed by atoms with van der Waals surface area (Å²) in [6.07, 6.45) is 0.179. The third kappa shape index (κ3) is 6.06. The van der Waals surface area contributed by atoms with E-state index in [4.69, 9.17) is 4.74 Å². The van der Waals surface area contributed by atoms with Crippen LogP contribution in [0.4, 0.5) is 0 Å². The zero-order chi connectivity index (χ0) is 15.1. The first-order valence-corrected chi connectivity index (χ1v) is 7.03. The van der Waals surface area contributed by atoms with Crippen molar-refractivity contribution in [2.24, 2.45) is 5.92 Å². The average Bonchev–Trinajstić information content (AvgIpc) is 2.34. The zero-order valence-corrected chi connectivity index (χ0v) is 12.8. The second kappa shape index (κ2) is 7.90. The Morgan fingerprint density at radius 3 is 2.65 bits per heavy atom. The molecule has 0 saturated carbocycles. The van der Waals surface area contributed by atoms with Crippen molar-refractivity contribution in [2.75, 3.05) is 13.2 Å². The highest BCUT2D eigenvalue weighted by atomic mass is 16.5. The first kappa shape index (κ1) is 16.5. The van der Waals surface area contributed by atoms with Crippen molar-refractivity contribution >= 4 is 5.91 Å². The van der Waals surface area contributed by atoms with Gasteiger partial charge in [0, 0.05) is 6.54 Å². The molecule has 0 radical (unpaired) electrons. The highest BCUT2D eigenvalue weighted by Gasteiger charge is 2.10. The minimum atomic E-state index is -0.500. The lowest BCUT2D eigenvalue weighted by atomic mass is 10.1. The van der Waals surface area contributed by atoms with Crippen LogP contribution in [0, 0.1) is 19.8 Å². The summed E-state index contributed by atoms with van der Waals surface area (Å²) in [5, 5.41) is 12.3. The molecule has 112 valence electrons. The van der Waals surface area contributed by atoms with E-state index in [1.54, 1.807) is 0 Å². The summed E-state index contributed by atoms with van der Waals surface area (Å²) >= 11 is 0. The van der Waals surface area contributed by atoms with Gasteiger partial charge in [-0.1, -0.05) is 31.5 Å². The van der Waals surface area contributed by atoms with E-state index in [0.717, 1.165) is 11.1 Å². The number of carbonyl (C=O) groups is 1. The monoisotopic (exact) mass is 279 g/mol. The summed E-state index contributed by atoms with van der Waals surface area (Å²) in [5.41, 5.74) is 2.17. The van der Waals surface area contributed by atoms with Gasteiger partial charge in [-0.3, -0.25) is 4.79 Å². The van der Waals surface area contributed by atoms with Crippen molar-refractivity contribution in [2.45, 2.75) is 40.2 Å². The number of hydrogen-bond donors (Lipinski definition) is 2. The maximum absolute atomic E-state index is 11.6. The van der Waals surface area contributed by atoms with Crippen LogP contribution in [-0.2, 0) is 4.79 Å².